The van der Waals surface area contributed by atoms with Crippen LogP contribution in [0.25, 0.3) is 0 Å². The summed E-state index contributed by atoms with van der Waals surface area (Å²) in [7, 11) is 0. The van der Waals surface area contributed by atoms with Crippen LogP contribution in [0.4, 0.5) is 0 Å². The van der Waals surface area contributed by atoms with E-state index in [1.165, 1.54) is 12.4 Å². The van der Waals surface area contributed by atoms with E-state index in [1.807, 2.05) is 0 Å². The van der Waals surface area contributed by atoms with Crippen molar-refractivity contribution in [2.45, 2.75) is 27.7 Å². The maximum atomic E-state index is 12.0. The fraction of sp³-hybridized carbons (Fsp3) is 0.214. The SMILES string of the molecule is Cc1cc(/C=N/NC(=O)COc2ccc(OCC(=O)N/N=C/c3cc(C)c(O)c(C)c3)cc2)cc(C)c1O. The zero-order valence-corrected chi connectivity index (χ0v) is 21.6. The van der Waals surface area contributed by atoms with Crippen LogP contribution in [0.5, 0.6) is 23.0 Å². The van der Waals surface area contributed by atoms with Crippen LogP contribution in [-0.2, 0) is 9.59 Å². The van der Waals surface area contributed by atoms with E-state index in [0.717, 1.165) is 33.4 Å². The van der Waals surface area contributed by atoms with E-state index in [4.69, 9.17) is 9.47 Å². The Balaban J connectivity index is 1.38. The molecule has 3 aromatic carbocycles. The first kappa shape index (κ1) is 27.7. The quantitative estimate of drug-likeness (QED) is 0.239. The van der Waals surface area contributed by atoms with Crippen molar-refractivity contribution in [1.82, 2.24) is 10.9 Å². The second-order valence-corrected chi connectivity index (χ2v) is 8.64. The maximum absolute atomic E-state index is 12.0. The van der Waals surface area contributed by atoms with Gasteiger partial charge in [0.1, 0.15) is 23.0 Å². The maximum Gasteiger partial charge on any atom is 0.277 e. The Morgan fingerprint density at radius 1 is 0.684 bits per heavy atom. The molecular formula is C28H30N4O6. The Bertz CT molecular complexity index is 1220. The van der Waals surface area contributed by atoms with Gasteiger partial charge in [-0.25, -0.2) is 10.9 Å². The van der Waals surface area contributed by atoms with E-state index in [0.29, 0.717) is 11.5 Å². The lowest BCUT2D eigenvalue weighted by molar-refractivity contribution is -0.123. The molecule has 2 amide bonds. The van der Waals surface area contributed by atoms with E-state index in [-0.39, 0.29) is 24.7 Å². The third-order valence-electron chi connectivity index (χ3n) is 5.40. The molecule has 0 heterocycles. The molecule has 0 aliphatic heterocycles. The van der Waals surface area contributed by atoms with Crippen molar-refractivity contribution in [1.29, 1.82) is 0 Å². The van der Waals surface area contributed by atoms with E-state index >= 15 is 0 Å². The molecule has 0 aromatic heterocycles. The predicted octanol–water partition coefficient (Wildman–Crippen LogP) is 3.39. The van der Waals surface area contributed by atoms with E-state index in [2.05, 4.69) is 21.1 Å². The summed E-state index contributed by atoms with van der Waals surface area (Å²) in [6.07, 6.45) is 2.97. The van der Waals surface area contributed by atoms with Gasteiger partial charge in [0.25, 0.3) is 11.8 Å². The van der Waals surface area contributed by atoms with Crippen molar-refractivity contribution in [3.05, 3.63) is 81.9 Å². The van der Waals surface area contributed by atoms with Crippen molar-refractivity contribution in [3.63, 3.8) is 0 Å². The minimum atomic E-state index is -0.441. The van der Waals surface area contributed by atoms with Crippen LogP contribution in [0.15, 0.2) is 58.7 Å². The molecule has 0 fully saturated rings. The first-order valence-corrected chi connectivity index (χ1v) is 11.7. The number of aryl methyl sites for hydroxylation is 4. The lowest BCUT2D eigenvalue weighted by Gasteiger charge is -2.08. The Labute approximate surface area is 220 Å². The van der Waals surface area contributed by atoms with E-state index in [9.17, 15) is 19.8 Å². The summed E-state index contributed by atoms with van der Waals surface area (Å²) in [6, 6.07) is 13.5. The Morgan fingerprint density at radius 2 is 1.00 bits per heavy atom. The van der Waals surface area contributed by atoms with Crippen LogP contribution in [0.3, 0.4) is 0 Å². The molecule has 0 saturated carbocycles. The molecule has 0 atom stereocenters. The molecule has 38 heavy (non-hydrogen) atoms. The van der Waals surface area contributed by atoms with Crippen LogP contribution >= 0.6 is 0 Å². The molecule has 10 nitrogen and oxygen atoms in total. The number of carbonyl (C=O) groups excluding carboxylic acids is 2. The molecule has 0 spiro atoms. The van der Waals surface area contributed by atoms with Crippen LogP contribution in [0.1, 0.15) is 33.4 Å². The van der Waals surface area contributed by atoms with Gasteiger partial charge in [-0.15, -0.1) is 0 Å². The first-order chi connectivity index (χ1) is 18.1. The summed E-state index contributed by atoms with van der Waals surface area (Å²) in [4.78, 5) is 24.0. The summed E-state index contributed by atoms with van der Waals surface area (Å²) < 4.78 is 10.9. The molecule has 4 N–H and O–H groups in total. The normalized spacial score (nSPS) is 11.1. The number of phenolic OH excluding ortho intramolecular Hbond substituents is 2. The second kappa shape index (κ2) is 12.9. The van der Waals surface area contributed by atoms with E-state index < -0.39 is 11.8 Å². The third-order valence-corrected chi connectivity index (χ3v) is 5.40. The molecular weight excluding hydrogens is 488 g/mol. The number of rotatable bonds is 10. The van der Waals surface area contributed by atoms with Gasteiger partial charge in [0.2, 0.25) is 0 Å². The molecule has 0 aliphatic rings. The van der Waals surface area contributed by atoms with Crippen molar-refractivity contribution in [3.8, 4) is 23.0 Å². The number of hydrogen-bond acceptors (Lipinski definition) is 8. The molecule has 0 saturated heterocycles. The lowest BCUT2D eigenvalue weighted by atomic mass is 10.1. The Hall–Kier alpha value is -4.86. The number of nitrogens with zero attached hydrogens (tertiary/aromatic N) is 2. The Morgan fingerprint density at radius 3 is 1.32 bits per heavy atom. The number of nitrogens with one attached hydrogen (secondary N) is 2. The predicted molar refractivity (Wildman–Crippen MR) is 144 cm³/mol. The highest BCUT2D eigenvalue weighted by atomic mass is 16.5. The standard InChI is InChI=1S/C28H30N4O6/c1-17-9-21(10-18(2)27(17)35)13-29-31-25(33)15-37-23-5-7-24(8-6-23)38-16-26(34)32-30-14-22-11-19(3)28(36)20(4)12-22/h5-14,35-36H,15-16H2,1-4H3,(H,31,33)(H,32,34)/b29-13+,30-14+. The number of amides is 2. The molecule has 198 valence electrons. The van der Waals surface area contributed by atoms with Gasteiger partial charge in [-0.3, -0.25) is 9.59 Å². The van der Waals surface area contributed by atoms with Crippen LogP contribution < -0.4 is 20.3 Å². The van der Waals surface area contributed by atoms with Gasteiger partial charge in [0.05, 0.1) is 12.4 Å². The smallest absolute Gasteiger partial charge is 0.277 e. The molecule has 0 radical (unpaired) electrons. The van der Waals surface area contributed by atoms with Crippen LogP contribution in [0.2, 0.25) is 0 Å². The van der Waals surface area contributed by atoms with Crippen molar-refractivity contribution >= 4 is 24.2 Å². The number of phenols is 2. The molecule has 0 unspecified atom stereocenters. The fourth-order valence-electron chi connectivity index (χ4n) is 3.48. The fourth-order valence-corrected chi connectivity index (χ4v) is 3.48. The number of ether oxygens (including phenoxy) is 2. The van der Waals surface area contributed by atoms with Gasteiger partial charge in [-0.2, -0.15) is 10.2 Å². The highest BCUT2D eigenvalue weighted by molar-refractivity contribution is 5.84. The molecule has 0 aliphatic carbocycles. The summed E-state index contributed by atoms with van der Waals surface area (Å²) in [5.41, 5.74) is 9.15. The first-order valence-electron chi connectivity index (χ1n) is 11.7. The average Bonchev–Trinajstić information content (AvgIpc) is 2.88. The number of benzene rings is 3. The summed E-state index contributed by atoms with van der Waals surface area (Å²) in [6.45, 7) is 6.66. The largest absolute Gasteiger partial charge is 0.507 e. The highest BCUT2D eigenvalue weighted by Crippen LogP contribution is 2.23. The molecule has 0 bridgehead atoms. The minimum absolute atomic E-state index is 0.237. The van der Waals surface area contributed by atoms with Gasteiger partial charge in [-0.1, -0.05) is 0 Å². The van der Waals surface area contributed by atoms with Gasteiger partial charge in [0, 0.05) is 0 Å². The third kappa shape index (κ3) is 8.09. The van der Waals surface area contributed by atoms with Crippen molar-refractivity contribution in [2.24, 2.45) is 10.2 Å². The summed E-state index contributed by atoms with van der Waals surface area (Å²) >= 11 is 0. The summed E-state index contributed by atoms with van der Waals surface area (Å²) in [5.74, 6) is 0.470. The van der Waals surface area contributed by atoms with E-state index in [1.54, 1.807) is 76.2 Å². The highest BCUT2D eigenvalue weighted by Gasteiger charge is 2.06. The monoisotopic (exact) mass is 518 g/mol. The van der Waals surface area contributed by atoms with Gasteiger partial charge >= 0.3 is 0 Å². The molecule has 10 heteroatoms. The molecule has 3 aromatic rings. The number of hydrogen-bond donors (Lipinski definition) is 4. The summed E-state index contributed by atoms with van der Waals surface area (Å²) in [5, 5.41) is 27.4. The topological polar surface area (TPSA) is 142 Å². The van der Waals surface area contributed by atoms with Gasteiger partial charge in [0.15, 0.2) is 13.2 Å². The Kier molecular flexibility index (Phi) is 9.42. The number of carbonyl (C=O) groups is 2. The second-order valence-electron chi connectivity index (χ2n) is 8.64. The molecule has 3 rings (SSSR count). The number of hydrazone groups is 2. The van der Waals surface area contributed by atoms with Crippen molar-refractivity contribution in [2.75, 3.05) is 13.2 Å². The zero-order valence-electron chi connectivity index (χ0n) is 21.6. The lowest BCUT2D eigenvalue weighted by Crippen LogP contribution is -2.25. The minimum Gasteiger partial charge on any atom is -0.507 e. The number of aromatic hydroxyl groups is 2. The van der Waals surface area contributed by atoms with Gasteiger partial charge in [-0.05, 0) is 110 Å². The van der Waals surface area contributed by atoms with Crippen molar-refractivity contribution < 1.29 is 29.3 Å². The zero-order chi connectivity index (χ0) is 27.7. The average molecular weight is 519 g/mol. The van der Waals surface area contributed by atoms with Gasteiger partial charge < -0.3 is 19.7 Å². The van der Waals surface area contributed by atoms with Crippen LogP contribution in [-0.4, -0.2) is 47.7 Å². The van der Waals surface area contributed by atoms with Crippen LogP contribution in [0, 0.1) is 27.7 Å².